The Kier molecular flexibility index (Phi) is 4.42. The van der Waals surface area contributed by atoms with E-state index in [1.807, 2.05) is 6.20 Å². The van der Waals surface area contributed by atoms with Crippen molar-refractivity contribution in [3.05, 3.63) is 52.9 Å². The van der Waals surface area contributed by atoms with Gasteiger partial charge in [0, 0.05) is 41.5 Å². The molecule has 1 N–H and O–H groups in total. The van der Waals surface area contributed by atoms with Crippen LogP contribution in [-0.2, 0) is 10.2 Å². The van der Waals surface area contributed by atoms with E-state index in [1.165, 1.54) is 24.1 Å². The number of benzene rings is 1. The number of anilines is 1. The third kappa shape index (κ3) is 2.70. The van der Waals surface area contributed by atoms with Crippen molar-refractivity contribution in [3.63, 3.8) is 0 Å². The minimum Gasteiger partial charge on any atom is -0.368 e. The molecule has 4 aliphatic rings. The van der Waals surface area contributed by atoms with Crippen LogP contribution >= 0.6 is 0 Å². The molecule has 3 atom stereocenters. The summed E-state index contributed by atoms with van der Waals surface area (Å²) in [6.07, 6.45) is 6.45. The van der Waals surface area contributed by atoms with Crippen molar-refractivity contribution in [2.24, 2.45) is 15.6 Å². The fourth-order valence-corrected chi connectivity index (χ4v) is 6.05. The van der Waals surface area contributed by atoms with Gasteiger partial charge in [0.15, 0.2) is 11.9 Å². The van der Waals surface area contributed by atoms with Crippen LogP contribution in [0.15, 0.2) is 57.5 Å². The number of fused-ring (bicyclic) bond motifs is 1. The number of nitrogens with one attached hydrogen (secondary N) is 1. The number of ketones is 1. The number of hydrogen-bond donors (Lipinski definition) is 1. The second-order valence-electron chi connectivity index (χ2n) is 10.0. The molecule has 1 saturated heterocycles. The molecule has 0 aromatic heterocycles. The maximum atomic E-state index is 13.6. The van der Waals surface area contributed by atoms with Gasteiger partial charge in [-0.2, -0.15) is 10.2 Å². The number of nitrogens with zero attached hydrogens (tertiary/aromatic N) is 3. The normalized spacial score (nSPS) is 31.7. The van der Waals surface area contributed by atoms with Crippen molar-refractivity contribution >= 4 is 11.5 Å². The van der Waals surface area contributed by atoms with Gasteiger partial charge in [-0.15, -0.1) is 0 Å². The van der Waals surface area contributed by atoms with Crippen LogP contribution in [-0.4, -0.2) is 24.5 Å². The van der Waals surface area contributed by atoms with E-state index in [1.54, 1.807) is 0 Å². The summed E-state index contributed by atoms with van der Waals surface area (Å²) in [7, 11) is 0. The van der Waals surface area contributed by atoms with Crippen LogP contribution in [0, 0.1) is 5.41 Å². The van der Waals surface area contributed by atoms with Crippen molar-refractivity contribution in [1.29, 1.82) is 0 Å². The number of rotatable bonds is 4. The van der Waals surface area contributed by atoms with Crippen molar-refractivity contribution in [2.45, 2.75) is 77.4 Å². The highest BCUT2D eigenvalue weighted by atomic mass is 16.1. The monoisotopic (exact) mass is 404 g/mol. The third-order valence-corrected chi connectivity index (χ3v) is 7.60. The Morgan fingerprint density at radius 1 is 1.23 bits per heavy atom. The molecule has 3 aliphatic heterocycles. The van der Waals surface area contributed by atoms with E-state index in [-0.39, 0.29) is 17.4 Å². The summed E-state index contributed by atoms with van der Waals surface area (Å²) in [5.74, 6) is 0.266. The highest BCUT2D eigenvalue weighted by molar-refractivity contribution is 6.01. The Hall–Kier alpha value is -2.43. The molecular weight excluding hydrogens is 372 g/mol. The van der Waals surface area contributed by atoms with Crippen molar-refractivity contribution in [3.8, 4) is 0 Å². The second-order valence-corrected chi connectivity index (χ2v) is 10.0. The molecule has 1 fully saturated rings. The van der Waals surface area contributed by atoms with E-state index in [2.05, 4.69) is 72.4 Å². The summed E-state index contributed by atoms with van der Waals surface area (Å²) >= 11 is 0. The first-order valence-corrected chi connectivity index (χ1v) is 11.4. The van der Waals surface area contributed by atoms with Crippen LogP contribution in [0.5, 0.6) is 0 Å². The molecule has 30 heavy (non-hydrogen) atoms. The molecule has 5 rings (SSSR count). The smallest absolute Gasteiger partial charge is 0.164 e. The zero-order valence-electron chi connectivity index (χ0n) is 18.5. The Morgan fingerprint density at radius 3 is 2.77 bits per heavy atom. The molecule has 158 valence electrons. The van der Waals surface area contributed by atoms with Crippen LogP contribution in [0.25, 0.3) is 0 Å². The molecule has 1 aliphatic carbocycles. The summed E-state index contributed by atoms with van der Waals surface area (Å²) in [5, 5.41) is 12.3. The lowest BCUT2D eigenvalue weighted by Crippen LogP contribution is -2.51. The maximum absolute atomic E-state index is 13.6. The third-order valence-electron chi connectivity index (χ3n) is 7.60. The summed E-state index contributed by atoms with van der Waals surface area (Å²) in [6, 6.07) is 9.52. The quantitative estimate of drug-likeness (QED) is 0.746. The SMILES string of the molecule is CC[C@@H]1CCN1c1cccc([C@@]2(CC)C3=CN=NC3NC3=C2C(=O)CC(C)(C)C3)c1. The molecule has 5 nitrogen and oxygen atoms in total. The van der Waals surface area contributed by atoms with Crippen molar-refractivity contribution in [2.75, 3.05) is 11.4 Å². The standard InChI is InChI=1S/C25H32N4O/c1-5-17-10-11-29(17)18-9-7-8-16(12-18)25(6-2)19-15-26-28-23(19)27-20-13-24(3,4)14-21(30)22(20)25/h7-9,12,15,17,23,27H,5-6,10-11,13-14H2,1-4H3/t17-,23?,25+/m1/s1. The molecule has 0 saturated carbocycles. The predicted octanol–water partition coefficient (Wildman–Crippen LogP) is 5.25. The zero-order valence-corrected chi connectivity index (χ0v) is 18.5. The number of allylic oxidation sites excluding steroid dienone is 2. The van der Waals surface area contributed by atoms with Crippen LogP contribution in [0.2, 0.25) is 0 Å². The minimum atomic E-state index is -0.453. The summed E-state index contributed by atoms with van der Waals surface area (Å²) < 4.78 is 0. The number of azo groups is 1. The summed E-state index contributed by atoms with van der Waals surface area (Å²) in [4.78, 5) is 16.1. The van der Waals surface area contributed by atoms with Crippen LogP contribution in [0.3, 0.4) is 0 Å². The fourth-order valence-electron chi connectivity index (χ4n) is 6.05. The van der Waals surface area contributed by atoms with Gasteiger partial charge in [0.1, 0.15) is 0 Å². The van der Waals surface area contributed by atoms with E-state index in [0.717, 1.165) is 36.2 Å². The number of hydrogen-bond acceptors (Lipinski definition) is 5. The Labute approximate surface area is 179 Å². The van der Waals surface area contributed by atoms with Gasteiger partial charge in [-0.25, -0.2) is 0 Å². The van der Waals surface area contributed by atoms with E-state index in [4.69, 9.17) is 0 Å². The number of carbonyl (C=O) groups is 1. The highest BCUT2D eigenvalue weighted by Crippen LogP contribution is 2.54. The first-order valence-electron chi connectivity index (χ1n) is 11.4. The van der Waals surface area contributed by atoms with E-state index >= 15 is 0 Å². The molecule has 1 unspecified atom stereocenters. The number of Topliss-reactive ketones (excluding diaryl/α,β-unsaturated/α-hetero) is 1. The Bertz CT molecular complexity index is 987. The Morgan fingerprint density at radius 2 is 2.07 bits per heavy atom. The van der Waals surface area contributed by atoms with E-state index < -0.39 is 5.41 Å². The van der Waals surface area contributed by atoms with Crippen molar-refractivity contribution in [1.82, 2.24) is 5.32 Å². The lowest BCUT2D eigenvalue weighted by Gasteiger charge is -2.48. The second kappa shape index (κ2) is 6.79. The zero-order chi connectivity index (χ0) is 21.1. The minimum absolute atomic E-state index is 0.0345. The topological polar surface area (TPSA) is 57.1 Å². The van der Waals surface area contributed by atoms with E-state index in [9.17, 15) is 4.79 Å². The average molecular weight is 405 g/mol. The predicted molar refractivity (Wildman–Crippen MR) is 119 cm³/mol. The van der Waals surface area contributed by atoms with Gasteiger partial charge in [0.25, 0.3) is 0 Å². The lowest BCUT2D eigenvalue weighted by molar-refractivity contribution is -0.119. The van der Waals surface area contributed by atoms with Crippen molar-refractivity contribution < 1.29 is 4.79 Å². The van der Waals surface area contributed by atoms with Gasteiger partial charge < -0.3 is 10.2 Å². The molecule has 1 aromatic rings. The molecule has 0 amide bonds. The van der Waals surface area contributed by atoms with Gasteiger partial charge in [-0.3, -0.25) is 4.79 Å². The van der Waals surface area contributed by atoms with Gasteiger partial charge >= 0.3 is 0 Å². The number of carbonyl (C=O) groups excluding carboxylic acids is 1. The maximum Gasteiger partial charge on any atom is 0.164 e. The molecular formula is C25H32N4O. The van der Waals surface area contributed by atoms with Gasteiger partial charge in [0.2, 0.25) is 0 Å². The largest absolute Gasteiger partial charge is 0.368 e. The highest BCUT2D eigenvalue weighted by Gasteiger charge is 2.53. The molecule has 0 spiro atoms. The summed E-state index contributed by atoms with van der Waals surface area (Å²) in [5.41, 5.74) is 5.12. The first kappa shape index (κ1) is 19.5. The molecule has 1 aromatic carbocycles. The molecule has 0 bridgehead atoms. The molecule has 3 heterocycles. The average Bonchev–Trinajstić information content (AvgIpc) is 3.13. The first-order chi connectivity index (χ1) is 14.4. The van der Waals surface area contributed by atoms with Gasteiger partial charge in [-0.1, -0.05) is 39.8 Å². The Balaban J connectivity index is 1.68. The van der Waals surface area contributed by atoms with E-state index in [0.29, 0.717) is 12.5 Å². The van der Waals surface area contributed by atoms with Crippen LogP contribution in [0.4, 0.5) is 5.69 Å². The summed E-state index contributed by atoms with van der Waals surface area (Å²) in [6.45, 7) is 9.93. The fraction of sp³-hybridized carbons (Fsp3) is 0.560. The van der Waals surface area contributed by atoms with Crippen LogP contribution in [0.1, 0.15) is 65.4 Å². The molecule has 0 radical (unpaired) electrons. The lowest BCUT2D eigenvalue weighted by atomic mass is 9.59. The molecule has 5 heteroatoms. The van der Waals surface area contributed by atoms with Gasteiger partial charge in [0.05, 0.1) is 11.6 Å². The van der Waals surface area contributed by atoms with Crippen LogP contribution < -0.4 is 10.2 Å². The van der Waals surface area contributed by atoms with Gasteiger partial charge in [-0.05, 0) is 48.8 Å².